The summed E-state index contributed by atoms with van der Waals surface area (Å²) in [5.74, 6) is 1.38. The summed E-state index contributed by atoms with van der Waals surface area (Å²) in [6.07, 6.45) is 10.3. The summed E-state index contributed by atoms with van der Waals surface area (Å²) in [5.41, 5.74) is -0.560. The number of amides is 1. The number of carbonyl (C=O) groups is 1. The zero-order valence-electron chi connectivity index (χ0n) is 11.8. The lowest BCUT2D eigenvalue weighted by Crippen LogP contribution is -2.18. The van der Waals surface area contributed by atoms with E-state index in [1.807, 2.05) is 6.20 Å². The van der Waals surface area contributed by atoms with Crippen molar-refractivity contribution in [2.24, 2.45) is 5.92 Å². The molecule has 1 aromatic heterocycles. The van der Waals surface area contributed by atoms with Crippen molar-refractivity contribution < 1.29 is 9.90 Å². The van der Waals surface area contributed by atoms with E-state index in [9.17, 15) is 9.90 Å². The molecule has 0 aliphatic heterocycles. The molecule has 2 fully saturated rings. The van der Waals surface area contributed by atoms with Gasteiger partial charge in [0.1, 0.15) is 0 Å². The molecule has 1 amide bonds. The third kappa shape index (κ3) is 3.60. The minimum Gasteiger partial charge on any atom is -0.388 e. The zero-order chi connectivity index (χ0) is 14.0. The molecule has 0 atom stereocenters. The Bertz CT molecular complexity index is 473. The normalized spacial score (nSPS) is 21.1. The topological polar surface area (TPSA) is 67.2 Å². The van der Waals surface area contributed by atoms with E-state index in [4.69, 9.17) is 0 Å². The van der Waals surface area contributed by atoms with E-state index in [0.717, 1.165) is 25.2 Å². The molecular weight excluding hydrogens is 254 g/mol. The molecule has 2 aliphatic carbocycles. The monoisotopic (exact) mass is 277 g/mol. The van der Waals surface area contributed by atoms with Crippen LogP contribution in [0.15, 0.2) is 12.3 Å². The van der Waals surface area contributed by atoms with Crippen molar-refractivity contribution in [3.63, 3.8) is 0 Å². The van der Waals surface area contributed by atoms with E-state index < -0.39 is 5.60 Å². The molecule has 0 saturated heterocycles. The quantitative estimate of drug-likeness (QED) is 0.838. The van der Waals surface area contributed by atoms with Crippen LogP contribution >= 0.6 is 0 Å². The second kappa shape index (κ2) is 5.56. The second-order valence-electron chi connectivity index (χ2n) is 6.36. The van der Waals surface area contributed by atoms with Gasteiger partial charge in [0.25, 0.3) is 0 Å². The number of hydrogen-bond donors (Lipinski definition) is 2. The van der Waals surface area contributed by atoms with Gasteiger partial charge in [-0.1, -0.05) is 25.7 Å². The summed E-state index contributed by atoms with van der Waals surface area (Å²) in [4.78, 5) is 11.9. The van der Waals surface area contributed by atoms with Gasteiger partial charge in [-0.2, -0.15) is 5.10 Å². The molecule has 0 aromatic carbocycles. The van der Waals surface area contributed by atoms with Crippen LogP contribution in [0.3, 0.4) is 0 Å². The van der Waals surface area contributed by atoms with Gasteiger partial charge in [-0.3, -0.25) is 9.48 Å². The Balaban J connectivity index is 1.43. The molecule has 2 aliphatic rings. The van der Waals surface area contributed by atoms with Crippen LogP contribution in [0.4, 0.5) is 5.82 Å². The predicted molar refractivity (Wildman–Crippen MR) is 76.2 cm³/mol. The average molecular weight is 277 g/mol. The lowest BCUT2D eigenvalue weighted by Gasteiger charge is -2.08. The van der Waals surface area contributed by atoms with Crippen LogP contribution in [0.1, 0.15) is 51.4 Å². The van der Waals surface area contributed by atoms with E-state index in [2.05, 4.69) is 10.4 Å². The third-order valence-corrected chi connectivity index (χ3v) is 4.45. The number of hydrogen-bond acceptors (Lipinski definition) is 3. The van der Waals surface area contributed by atoms with E-state index >= 15 is 0 Å². The number of aliphatic hydroxyl groups is 1. The number of rotatable bonds is 6. The fraction of sp³-hybridized carbons (Fsp3) is 0.733. The summed E-state index contributed by atoms with van der Waals surface area (Å²) >= 11 is 0. The Morgan fingerprint density at radius 1 is 1.45 bits per heavy atom. The zero-order valence-corrected chi connectivity index (χ0v) is 11.8. The fourth-order valence-corrected chi connectivity index (χ4v) is 2.96. The first kappa shape index (κ1) is 13.6. The number of anilines is 1. The smallest absolute Gasteiger partial charge is 0.225 e. The molecule has 0 bridgehead atoms. The van der Waals surface area contributed by atoms with Crippen LogP contribution in [0.2, 0.25) is 0 Å². The molecule has 3 rings (SSSR count). The highest BCUT2D eigenvalue weighted by Gasteiger charge is 2.40. The Hall–Kier alpha value is -1.36. The third-order valence-electron chi connectivity index (χ3n) is 4.45. The van der Waals surface area contributed by atoms with Crippen LogP contribution in [0.25, 0.3) is 0 Å². The first-order valence-corrected chi connectivity index (χ1v) is 7.69. The number of aromatic nitrogens is 2. The summed E-state index contributed by atoms with van der Waals surface area (Å²) in [6.45, 7) is 0.519. The molecule has 2 saturated carbocycles. The Morgan fingerprint density at radius 3 is 2.90 bits per heavy atom. The molecule has 110 valence electrons. The predicted octanol–water partition coefficient (Wildman–Crippen LogP) is 2.32. The molecule has 20 heavy (non-hydrogen) atoms. The van der Waals surface area contributed by atoms with Crippen LogP contribution in [-0.4, -0.2) is 26.4 Å². The number of nitrogens with one attached hydrogen (secondary N) is 1. The van der Waals surface area contributed by atoms with Gasteiger partial charge in [0.15, 0.2) is 5.82 Å². The van der Waals surface area contributed by atoms with Gasteiger partial charge in [-0.15, -0.1) is 0 Å². The molecule has 0 unspecified atom stereocenters. The largest absolute Gasteiger partial charge is 0.388 e. The first-order valence-electron chi connectivity index (χ1n) is 7.69. The summed E-state index contributed by atoms with van der Waals surface area (Å²) < 4.78 is 1.71. The van der Waals surface area contributed by atoms with Crippen molar-refractivity contribution in [2.75, 3.05) is 5.32 Å². The summed E-state index contributed by atoms with van der Waals surface area (Å²) in [6, 6.07) is 1.79. The van der Waals surface area contributed by atoms with Gasteiger partial charge in [0.05, 0.1) is 12.1 Å². The van der Waals surface area contributed by atoms with Crippen molar-refractivity contribution >= 4 is 11.7 Å². The van der Waals surface area contributed by atoms with Crippen molar-refractivity contribution in [2.45, 2.75) is 63.5 Å². The lowest BCUT2D eigenvalue weighted by atomic mass is 10.0. The Labute approximate surface area is 119 Å². The maximum absolute atomic E-state index is 11.9. The maximum atomic E-state index is 11.9. The molecule has 1 aromatic rings. The highest BCUT2D eigenvalue weighted by molar-refractivity contribution is 5.89. The van der Waals surface area contributed by atoms with E-state index in [-0.39, 0.29) is 5.91 Å². The van der Waals surface area contributed by atoms with E-state index in [1.54, 1.807) is 10.7 Å². The number of carbonyl (C=O) groups excluding carboxylic acids is 1. The molecule has 5 nitrogen and oxygen atoms in total. The van der Waals surface area contributed by atoms with E-state index in [0.29, 0.717) is 18.8 Å². The molecule has 0 spiro atoms. The van der Waals surface area contributed by atoms with Gasteiger partial charge < -0.3 is 10.4 Å². The average Bonchev–Trinajstić information content (AvgIpc) is 2.86. The van der Waals surface area contributed by atoms with Crippen molar-refractivity contribution in [1.82, 2.24) is 9.78 Å². The van der Waals surface area contributed by atoms with Crippen molar-refractivity contribution in [3.05, 3.63) is 12.3 Å². The second-order valence-corrected chi connectivity index (χ2v) is 6.36. The Morgan fingerprint density at radius 2 is 2.20 bits per heavy atom. The summed E-state index contributed by atoms with van der Waals surface area (Å²) in [7, 11) is 0. The van der Waals surface area contributed by atoms with Crippen molar-refractivity contribution in [1.29, 1.82) is 0 Å². The van der Waals surface area contributed by atoms with Crippen molar-refractivity contribution in [3.8, 4) is 0 Å². The van der Waals surface area contributed by atoms with Gasteiger partial charge in [0, 0.05) is 18.7 Å². The van der Waals surface area contributed by atoms with Gasteiger partial charge in [-0.25, -0.2) is 0 Å². The van der Waals surface area contributed by atoms with Crippen LogP contribution < -0.4 is 5.32 Å². The van der Waals surface area contributed by atoms with E-state index in [1.165, 1.54) is 25.7 Å². The fourth-order valence-electron chi connectivity index (χ4n) is 2.96. The lowest BCUT2D eigenvalue weighted by molar-refractivity contribution is -0.116. The maximum Gasteiger partial charge on any atom is 0.225 e. The highest BCUT2D eigenvalue weighted by atomic mass is 16.3. The molecule has 5 heteroatoms. The Kier molecular flexibility index (Phi) is 3.78. The highest BCUT2D eigenvalue weighted by Crippen LogP contribution is 2.36. The van der Waals surface area contributed by atoms with Gasteiger partial charge >= 0.3 is 0 Å². The standard InChI is InChI=1S/C15H23N3O2/c19-14(6-5-12-3-1-2-4-12)16-13-7-10-18(17-13)11-15(20)8-9-15/h7,10,12,20H,1-6,8-9,11H2,(H,16,17,19). The molecule has 2 N–H and O–H groups in total. The molecular formula is C15H23N3O2. The van der Waals surface area contributed by atoms with Gasteiger partial charge in [-0.05, 0) is 25.2 Å². The van der Waals surface area contributed by atoms with Crippen LogP contribution in [0, 0.1) is 5.92 Å². The SMILES string of the molecule is O=C(CCC1CCCC1)Nc1ccn(CC2(O)CC2)n1. The molecule has 0 radical (unpaired) electrons. The van der Waals surface area contributed by atoms with Gasteiger partial charge in [0.2, 0.25) is 5.91 Å². The van der Waals surface area contributed by atoms with Crippen LogP contribution in [0.5, 0.6) is 0 Å². The number of nitrogens with zero attached hydrogens (tertiary/aromatic N) is 2. The van der Waals surface area contributed by atoms with Crippen LogP contribution in [-0.2, 0) is 11.3 Å². The minimum absolute atomic E-state index is 0.0484. The first-order chi connectivity index (χ1) is 9.63. The molecule has 1 heterocycles. The summed E-state index contributed by atoms with van der Waals surface area (Å²) in [5, 5.41) is 17.0. The minimum atomic E-state index is -0.560.